The fourth-order valence-electron chi connectivity index (χ4n) is 4.14. The van der Waals surface area contributed by atoms with Gasteiger partial charge in [0.05, 0.1) is 25.3 Å². The topological polar surface area (TPSA) is 72.2 Å². The number of nitrogens with zero attached hydrogens (tertiary/aromatic N) is 2. The average Bonchev–Trinajstić information content (AvgIpc) is 3.54. The summed E-state index contributed by atoms with van der Waals surface area (Å²) in [6.45, 7) is 4.25. The van der Waals surface area contributed by atoms with E-state index >= 15 is 0 Å². The second-order valence-corrected chi connectivity index (χ2v) is 9.39. The number of thiophene rings is 1. The number of benzene rings is 1. The molecule has 0 aliphatic carbocycles. The fourth-order valence-corrected chi connectivity index (χ4v) is 5.05. The van der Waals surface area contributed by atoms with Crippen LogP contribution in [0.4, 0.5) is 5.69 Å². The summed E-state index contributed by atoms with van der Waals surface area (Å²) in [4.78, 5) is 32.1. The summed E-state index contributed by atoms with van der Waals surface area (Å²) in [5.41, 5.74) is 0.723. The molecule has 32 heavy (non-hydrogen) atoms. The lowest BCUT2D eigenvalue weighted by Gasteiger charge is -2.25. The first kappa shape index (κ1) is 20.6. The molecular weight excluding hydrogens is 428 g/mol. The number of anilines is 1. The standard InChI is InChI=1S/C24H24N2O5S/c1-16-4-6-20(32-16)15-25(14-19-3-2-8-29-19)24(28)17-11-23(27)26(13-17)18-5-7-21-22(12-18)31-10-9-30-21/h2-8,12,17H,9-11,13-15H2,1H3. The van der Waals surface area contributed by atoms with Crippen LogP contribution < -0.4 is 14.4 Å². The van der Waals surface area contributed by atoms with E-state index in [0.717, 1.165) is 16.3 Å². The van der Waals surface area contributed by atoms with Crippen molar-refractivity contribution in [3.63, 3.8) is 0 Å². The number of fused-ring (bicyclic) bond motifs is 1. The molecule has 8 heteroatoms. The second-order valence-electron chi connectivity index (χ2n) is 8.02. The van der Waals surface area contributed by atoms with Gasteiger partial charge >= 0.3 is 0 Å². The maximum Gasteiger partial charge on any atom is 0.228 e. The molecule has 0 saturated carbocycles. The van der Waals surface area contributed by atoms with Gasteiger partial charge in [-0.3, -0.25) is 9.59 Å². The van der Waals surface area contributed by atoms with E-state index < -0.39 is 5.92 Å². The van der Waals surface area contributed by atoms with Crippen LogP contribution in [0.15, 0.2) is 53.1 Å². The number of ether oxygens (including phenoxy) is 2. The lowest BCUT2D eigenvalue weighted by molar-refractivity contribution is -0.137. The zero-order valence-corrected chi connectivity index (χ0v) is 18.6. The van der Waals surface area contributed by atoms with E-state index in [0.29, 0.717) is 44.3 Å². The molecule has 3 aromatic rings. The minimum Gasteiger partial charge on any atom is -0.486 e. The van der Waals surface area contributed by atoms with Crippen LogP contribution in [-0.2, 0) is 22.7 Å². The van der Waals surface area contributed by atoms with E-state index in [1.54, 1.807) is 27.4 Å². The summed E-state index contributed by atoms with van der Waals surface area (Å²) >= 11 is 1.67. The number of carbonyl (C=O) groups excluding carboxylic acids is 2. The van der Waals surface area contributed by atoms with Gasteiger partial charge in [-0.05, 0) is 43.3 Å². The molecule has 0 spiro atoms. The third-order valence-corrected chi connectivity index (χ3v) is 6.68. The maximum absolute atomic E-state index is 13.5. The van der Waals surface area contributed by atoms with Crippen molar-refractivity contribution < 1.29 is 23.5 Å². The van der Waals surface area contributed by atoms with Crippen molar-refractivity contribution in [1.29, 1.82) is 0 Å². The summed E-state index contributed by atoms with van der Waals surface area (Å²) in [5.74, 6) is 1.51. The average molecular weight is 453 g/mol. The molecule has 2 amide bonds. The van der Waals surface area contributed by atoms with Crippen LogP contribution >= 0.6 is 11.3 Å². The molecule has 4 heterocycles. The van der Waals surface area contributed by atoms with Gasteiger partial charge in [0.2, 0.25) is 11.8 Å². The van der Waals surface area contributed by atoms with Crippen molar-refractivity contribution in [1.82, 2.24) is 4.90 Å². The van der Waals surface area contributed by atoms with Crippen LogP contribution in [-0.4, -0.2) is 36.5 Å². The Morgan fingerprint density at radius 1 is 1.12 bits per heavy atom. The zero-order valence-electron chi connectivity index (χ0n) is 17.8. The smallest absolute Gasteiger partial charge is 0.228 e. The Morgan fingerprint density at radius 3 is 2.72 bits per heavy atom. The van der Waals surface area contributed by atoms with Gasteiger partial charge in [-0.2, -0.15) is 0 Å². The minimum absolute atomic E-state index is 0.0409. The van der Waals surface area contributed by atoms with Gasteiger partial charge in [-0.1, -0.05) is 0 Å². The minimum atomic E-state index is -0.410. The highest BCUT2D eigenvalue weighted by atomic mass is 32.1. The Labute approximate surface area is 190 Å². The number of rotatable bonds is 6. The first-order chi connectivity index (χ1) is 15.6. The second kappa shape index (κ2) is 8.70. The zero-order chi connectivity index (χ0) is 22.1. The molecule has 1 aromatic carbocycles. The lowest BCUT2D eigenvalue weighted by Crippen LogP contribution is -2.36. The first-order valence-electron chi connectivity index (χ1n) is 10.6. The van der Waals surface area contributed by atoms with Crippen molar-refractivity contribution in [2.75, 3.05) is 24.7 Å². The summed E-state index contributed by atoms with van der Waals surface area (Å²) in [6, 6.07) is 13.2. The molecule has 2 aliphatic rings. The third-order valence-electron chi connectivity index (χ3n) is 5.69. The molecule has 1 fully saturated rings. The maximum atomic E-state index is 13.5. The molecule has 166 valence electrons. The Morgan fingerprint density at radius 2 is 1.97 bits per heavy atom. The van der Waals surface area contributed by atoms with Crippen LogP contribution in [0.3, 0.4) is 0 Å². The molecule has 1 unspecified atom stereocenters. The molecule has 2 aliphatic heterocycles. The molecule has 0 N–H and O–H groups in total. The summed E-state index contributed by atoms with van der Waals surface area (Å²) in [7, 11) is 0. The van der Waals surface area contributed by atoms with Gasteiger partial charge in [0.25, 0.3) is 0 Å². The van der Waals surface area contributed by atoms with E-state index in [9.17, 15) is 9.59 Å². The normalized spacial score (nSPS) is 17.6. The van der Waals surface area contributed by atoms with Crippen LogP contribution in [0.1, 0.15) is 21.9 Å². The quantitative estimate of drug-likeness (QED) is 0.565. The number of furan rings is 1. The van der Waals surface area contributed by atoms with E-state index in [-0.39, 0.29) is 18.2 Å². The van der Waals surface area contributed by atoms with E-state index in [1.165, 1.54) is 4.88 Å². The summed E-state index contributed by atoms with van der Waals surface area (Å²) in [5, 5.41) is 0. The van der Waals surface area contributed by atoms with Crippen LogP contribution in [0.25, 0.3) is 0 Å². The Balaban J connectivity index is 1.34. The predicted octanol–water partition coefficient (Wildman–Crippen LogP) is 4.00. The van der Waals surface area contributed by atoms with E-state index in [4.69, 9.17) is 13.9 Å². The molecule has 7 nitrogen and oxygen atoms in total. The Kier molecular flexibility index (Phi) is 5.61. The van der Waals surface area contributed by atoms with Gasteiger partial charge in [-0.15, -0.1) is 11.3 Å². The first-order valence-corrected chi connectivity index (χ1v) is 11.4. The molecule has 0 radical (unpaired) electrons. The molecule has 5 rings (SSSR count). The van der Waals surface area contributed by atoms with Crippen molar-refractivity contribution in [3.8, 4) is 11.5 Å². The number of hydrogen-bond acceptors (Lipinski definition) is 6. The number of amides is 2. The van der Waals surface area contributed by atoms with E-state index in [1.807, 2.05) is 43.3 Å². The Hall–Kier alpha value is -3.26. The highest BCUT2D eigenvalue weighted by Gasteiger charge is 2.38. The van der Waals surface area contributed by atoms with Gasteiger partial charge < -0.3 is 23.7 Å². The SMILES string of the molecule is Cc1ccc(CN(Cc2ccco2)C(=O)C2CC(=O)N(c3ccc4c(c3)OCCO4)C2)s1. The van der Waals surface area contributed by atoms with E-state index in [2.05, 4.69) is 6.07 Å². The van der Waals surface area contributed by atoms with Gasteiger partial charge in [-0.25, -0.2) is 0 Å². The highest BCUT2D eigenvalue weighted by molar-refractivity contribution is 7.11. The highest BCUT2D eigenvalue weighted by Crippen LogP contribution is 2.36. The molecule has 2 aromatic heterocycles. The molecule has 1 saturated heterocycles. The van der Waals surface area contributed by atoms with Crippen molar-refractivity contribution in [2.45, 2.75) is 26.4 Å². The van der Waals surface area contributed by atoms with Gasteiger partial charge in [0.15, 0.2) is 11.5 Å². The molecule has 0 bridgehead atoms. The van der Waals surface area contributed by atoms with Gasteiger partial charge in [0, 0.05) is 34.5 Å². The fraction of sp³-hybridized carbons (Fsp3) is 0.333. The summed E-state index contributed by atoms with van der Waals surface area (Å²) in [6.07, 6.45) is 1.79. The summed E-state index contributed by atoms with van der Waals surface area (Å²) < 4.78 is 16.7. The third kappa shape index (κ3) is 4.23. The largest absolute Gasteiger partial charge is 0.486 e. The van der Waals surface area contributed by atoms with Crippen molar-refractivity contribution in [2.24, 2.45) is 5.92 Å². The van der Waals surface area contributed by atoms with Gasteiger partial charge in [0.1, 0.15) is 19.0 Å². The van der Waals surface area contributed by atoms with Crippen LogP contribution in [0, 0.1) is 12.8 Å². The predicted molar refractivity (Wildman–Crippen MR) is 120 cm³/mol. The van der Waals surface area contributed by atoms with Crippen LogP contribution in [0.2, 0.25) is 0 Å². The number of aryl methyl sites for hydroxylation is 1. The molecule has 1 atom stereocenters. The van der Waals surface area contributed by atoms with Crippen molar-refractivity contribution in [3.05, 3.63) is 64.2 Å². The monoisotopic (exact) mass is 452 g/mol. The number of hydrogen-bond donors (Lipinski definition) is 0. The van der Waals surface area contributed by atoms with Crippen LogP contribution in [0.5, 0.6) is 11.5 Å². The lowest BCUT2D eigenvalue weighted by atomic mass is 10.1. The Bertz CT molecular complexity index is 1120. The van der Waals surface area contributed by atoms with Crippen molar-refractivity contribution >= 4 is 28.8 Å². The number of carbonyl (C=O) groups is 2. The molecular formula is C24H24N2O5S.